The van der Waals surface area contributed by atoms with Gasteiger partial charge in [0.2, 0.25) is 10.0 Å². The van der Waals surface area contributed by atoms with E-state index in [4.69, 9.17) is 10.00 Å². The van der Waals surface area contributed by atoms with Crippen molar-refractivity contribution in [3.63, 3.8) is 0 Å². The molecular formula is C16H15BrN2O3S. The molecule has 0 amide bonds. The van der Waals surface area contributed by atoms with Gasteiger partial charge in [-0.15, -0.1) is 0 Å². The molecule has 0 aromatic heterocycles. The van der Waals surface area contributed by atoms with E-state index >= 15 is 0 Å². The molecule has 120 valence electrons. The molecule has 0 aliphatic rings. The zero-order valence-corrected chi connectivity index (χ0v) is 14.8. The van der Waals surface area contributed by atoms with E-state index in [-0.39, 0.29) is 18.0 Å². The van der Waals surface area contributed by atoms with Crippen molar-refractivity contribution in [1.29, 1.82) is 5.26 Å². The van der Waals surface area contributed by atoms with E-state index in [9.17, 15) is 8.42 Å². The van der Waals surface area contributed by atoms with E-state index in [1.54, 1.807) is 6.07 Å². The summed E-state index contributed by atoms with van der Waals surface area (Å²) in [5.74, 6) is 0.541. The van der Waals surface area contributed by atoms with Crippen LogP contribution in [-0.2, 0) is 16.6 Å². The summed E-state index contributed by atoms with van der Waals surface area (Å²) in [5, 5.41) is 8.98. The Kier molecular flexibility index (Phi) is 5.77. The van der Waals surface area contributed by atoms with E-state index in [1.807, 2.05) is 36.4 Å². The molecule has 2 rings (SSSR count). The number of ether oxygens (including phenoxy) is 1. The highest BCUT2D eigenvalue weighted by atomic mass is 79.9. The van der Waals surface area contributed by atoms with Crippen LogP contribution >= 0.6 is 15.9 Å². The number of benzene rings is 2. The third-order valence-corrected chi connectivity index (χ3v) is 5.62. The predicted molar refractivity (Wildman–Crippen MR) is 90.3 cm³/mol. The van der Waals surface area contributed by atoms with Gasteiger partial charge in [0, 0.05) is 6.54 Å². The summed E-state index contributed by atoms with van der Waals surface area (Å²) in [6.07, 6.45) is 0. The van der Waals surface area contributed by atoms with Crippen LogP contribution in [0.1, 0.15) is 5.56 Å². The maximum atomic E-state index is 12.8. The zero-order chi connectivity index (χ0) is 16.9. The molecular weight excluding hydrogens is 380 g/mol. The fourth-order valence-electron chi connectivity index (χ4n) is 2.05. The van der Waals surface area contributed by atoms with Gasteiger partial charge in [-0.3, -0.25) is 0 Å². The highest BCUT2D eigenvalue weighted by molar-refractivity contribution is 9.10. The minimum Gasteiger partial charge on any atom is -0.496 e. The minimum absolute atomic E-state index is 0.108. The molecule has 0 N–H and O–H groups in total. The molecule has 7 heteroatoms. The average Bonchev–Trinajstić information content (AvgIpc) is 2.55. The van der Waals surface area contributed by atoms with Crippen molar-refractivity contribution in [2.75, 3.05) is 13.7 Å². The number of methoxy groups -OCH3 is 1. The van der Waals surface area contributed by atoms with Crippen molar-refractivity contribution in [3.8, 4) is 11.8 Å². The van der Waals surface area contributed by atoms with Crippen LogP contribution in [0.4, 0.5) is 0 Å². The molecule has 2 aromatic rings. The maximum absolute atomic E-state index is 12.8. The Morgan fingerprint density at radius 2 is 1.91 bits per heavy atom. The maximum Gasteiger partial charge on any atom is 0.244 e. The molecule has 0 spiro atoms. The molecule has 0 fully saturated rings. The third-order valence-electron chi connectivity index (χ3n) is 3.21. The Morgan fingerprint density at radius 1 is 1.22 bits per heavy atom. The number of halogens is 1. The van der Waals surface area contributed by atoms with Crippen LogP contribution in [0.5, 0.6) is 5.75 Å². The first-order valence-corrected chi connectivity index (χ1v) is 8.97. The number of rotatable bonds is 6. The molecule has 5 nitrogen and oxygen atoms in total. The second kappa shape index (κ2) is 7.59. The van der Waals surface area contributed by atoms with Crippen LogP contribution in [0.2, 0.25) is 0 Å². The van der Waals surface area contributed by atoms with E-state index in [0.29, 0.717) is 10.2 Å². The summed E-state index contributed by atoms with van der Waals surface area (Å²) in [7, 11) is -2.28. The Balaban J connectivity index is 2.37. The normalized spacial score (nSPS) is 11.2. The SMILES string of the molecule is COc1ccc(S(=O)(=O)N(CC#N)Cc2ccccc2)cc1Br. The van der Waals surface area contributed by atoms with Crippen LogP contribution < -0.4 is 4.74 Å². The largest absolute Gasteiger partial charge is 0.496 e. The zero-order valence-electron chi connectivity index (χ0n) is 12.4. The smallest absolute Gasteiger partial charge is 0.244 e. The summed E-state index contributed by atoms with van der Waals surface area (Å²) in [5.41, 5.74) is 0.818. The summed E-state index contributed by atoms with van der Waals surface area (Å²) in [6, 6.07) is 15.6. The minimum atomic E-state index is -3.78. The van der Waals surface area contributed by atoms with Gasteiger partial charge in [-0.25, -0.2) is 8.42 Å². The molecule has 0 unspecified atom stereocenters. The quantitative estimate of drug-likeness (QED) is 0.705. The van der Waals surface area contributed by atoms with Crippen LogP contribution in [-0.4, -0.2) is 26.4 Å². The van der Waals surface area contributed by atoms with Gasteiger partial charge in [0.1, 0.15) is 12.3 Å². The van der Waals surface area contributed by atoms with Gasteiger partial charge in [-0.1, -0.05) is 30.3 Å². The van der Waals surface area contributed by atoms with E-state index in [1.165, 1.54) is 19.2 Å². The summed E-state index contributed by atoms with van der Waals surface area (Å²) in [6.45, 7) is -0.0821. The van der Waals surface area contributed by atoms with Crippen molar-refractivity contribution in [3.05, 3.63) is 58.6 Å². The average molecular weight is 395 g/mol. The molecule has 0 radical (unpaired) electrons. The first-order valence-electron chi connectivity index (χ1n) is 6.73. The lowest BCUT2D eigenvalue weighted by atomic mass is 10.2. The van der Waals surface area contributed by atoms with Crippen molar-refractivity contribution in [2.24, 2.45) is 0 Å². The Labute approximate surface area is 144 Å². The van der Waals surface area contributed by atoms with Crippen LogP contribution in [0.25, 0.3) is 0 Å². The fourth-order valence-corrected chi connectivity index (χ4v) is 4.09. The lowest BCUT2D eigenvalue weighted by Crippen LogP contribution is -2.31. The lowest BCUT2D eigenvalue weighted by Gasteiger charge is -2.20. The van der Waals surface area contributed by atoms with Gasteiger partial charge >= 0.3 is 0 Å². The van der Waals surface area contributed by atoms with E-state index in [2.05, 4.69) is 15.9 Å². The number of sulfonamides is 1. The van der Waals surface area contributed by atoms with Gasteiger partial charge in [0.25, 0.3) is 0 Å². The monoisotopic (exact) mass is 394 g/mol. The molecule has 0 saturated heterocycles. The molecule has 23 heavy (non-hydrogen) atoms. The predicted octanol–water partition coefficient (Wildman–Crippen LogP) is 3.17. The second-order valence-corrected chi connectivity index (χ2v) is 7.51. The molecule has 0 aliphatic heterocycles. The van der Waals surface area contributed by atoms with Gasteiger partial charge in [-0.05, 0) is 39.7 Å². The van der Waals surface area contributed by atoms with E-state index in [0.717, 1.165) is 9.87 Å². The molecule has 0 aliphatic carbocycles. The lowest BCUT2D eigenvalue weighted by molar-refractivity contribution is 0.411. The summed E-state index contributed by atoms with van der Waals surface area (Å²) < 4.78 is 32.4. The van der Waals surface area contributed by atoms with Gasteiger partial charge in [0.15, 0.2) is 0 Å². The van der Waals surface area contributed by atoms with E-state index < -0.39 is 10.0 Å². The first-order chi connectivity index (χ1) is 11.0. The first kappa shape index (κ1) is 17.5. The van der Waals surface area contributed by atoms with Crippen molar-refractivity contribution in [2.45, 2.75) is 11.4 Å². The highest BCUT2D eigenvalue weighted by Crippen LogP contribution is 2.29. The third kappa shape index (κ3) is 4.10. The second-order valence-electron chi connectivity index (χ2n) is 4.71. The van der Waals surface area contributed by atoms with Crippen molar-refractivity contribution in [1.82, 2.24) is 4.31 Å². The molecule has 0 heterocycles. The van der Waals surface area contributed by atoms with Crippen LogP contribution in [0.15, 0.2) is 57.9 Å². The number of hydrogen-bond donors (Lipinski definition) is 0. The Hall–Kier alpha value is -1.88. The Morgan fingerprint density at radius 3 is 2.48 bits per heavy atom. The number of nitriles is 1. The van der Waals surface area contributed by atoms with Crippen LogP contribution in [0.3, 0.4) is 0 Å². The standard InChI is InChI=1S/C16H15BrN2O3S/c1-22-16-8-7-14(11-15(16)17)23(20,21)19(10-9-18)12-13-5-3-2-4-6-13/h2-8,11H,10,12H2,1H3. The summed E-state index contributed by atoms with van der Waals surface area (Å²) in [4.78, 5) is 0.108. The Bertz CT molecular complexity index is 817. The summed E-state index contributed by atoms with van der Waals surface area (Å²) >= 11 is 3.28. The number of nitrogens with zero attached hydrogens (tertiary/aromatic N) is 2. The fraction of sp³-hybridized carbons (Fsp3) is 0.188. The number of hydrogen-bond acceptors (Lipinski definition) is 4. The van der Waals surface area contributed by atoms with Crippen LogP contribution in [0, 0.1) is 11.3 Å². The molecule has 2 aromatic carbocycles. The van der Waals surface area contributed by atoms with Gasteiger partial charge in [-0.2, -0.15) is 9.57 Å². The highest BCUT2D eigenvalue weighted by Gasteiger charge is 2.25. The van der Waals surface area contributed by atoms with Gasteiger partial charge in [0.05, 0.1) is 22.5 Å². The van der Waals surface area contributed by atoms with Crippen molar-refractivity contribution >= 4 is 26.0 Å². The topological polar surface area (TPSA) is 70.4 Å². The molecule has 0 bridgehead atoms. The molecule has 0 saturated carbocycles. The molecule has 0 atom stereocenters. The van der Waals surface area contributed by atoms with Crippen molar-refractivity contribution < 1.29 is 13.2 Å². The van der Waals surface area contributed by atoms with Gasteiger partial charge < -0.3 is 4.74 Å².